The summed E-state index contributed by atoms with van der Waals surface area (Å²) >= 11 is 0. The highest BCUT2D eigenvalue weighted by Crippen LogP contribution is 2.29. The van der Waals surface area contributed by atoms with Crippen molar-refractivity contribution in [1.29, 1.82) is 0 Å². The van der Waals surface area contributed by atoms with Gasteiger partial charge in [0.1, 0.15) is 5.58 Å². The first kappa shape index (κ1) is 15.6. The summed E-state index contributed by atoms with van der Waals surface area (Å²) in [5, 5.41) is 10.1. The van der Waals surface area contributed by atoms with E-state index in [0.29, 0.717) is 11.1 Å². The number of hydrogen-bond donors (Lipinski definition) is 1. The summed E-state index contributed by atoms with van der Waals surface area (Å²) in [6.45, 7) is 7.89. The number of fused-ring (bicyclic) bond motifs is 1. The Morgan fingerprint density at radius 3 is 2.67 bits per heavy atom. The van der Waals surface area contributed by atoms with Gasteiger partial charge in [0.25, 0.3) is 0 Å². The normalized spacial score (nSPS) is 11.5. The molecule has 0 radical (unpaired) electrons. The van der Waals surface area contributed by atoms with Gasteiger partial charge in [0, 0.05) is 17.5 Å². The number of furan rings is 1. The second kappa shape index (κ2) is 6.31. The number of carboxylic acids is 1. The first-order valence-corrected chi connectivity index (χ1v) is 7.38. The molecule has 21 heavy (non-hydrogen) atoms. The lowest BCUT2D eigenvalue weighted by Crippen LogP contribution is -2.18. The summed E-state index contributed by atoms with van der Waals surface area (Å²) in [5.41, 5.74) is 3.57. The number of hydrogen-bond acceptors (Lipinski definition) is 3. The molecule has 4 heteroatoms. The van der Waals surface area contributed by atoms with Crippen LogP contribution in [0.5, 0.6) is 0 Å². The second-order valence-corrected chi connectivity index (χ2v) is 5.74. The lowest BCUT2D eigenvalue weighted by molar-refractivity contribution is 0.0664. The van der Waals surface area contributed by atoms with Crippen molar-refractivity contribution < 1.29 is 14.3 Å². The fourth-order valence-corrected chi connectivity index (χ4v) is 2.68. The highest BCUT2D eigenvalue weighted by Gasteiger charge is 2.18. The van der Waals surface area contributed by atoms with E-state index in [1.807, 2.05) is 6.92 Å². The third kappa shape index (κ3) is 3.27. The van der Waals surface area contributed by atoms with Crippen molar-refractivity contribution in [1.82, 2.24) is 4.90 Å². The van der Waals surface area contributed by atoms with Crippen LogP contribution in [0.4, 0.5) is 0 Å². The van der Waals surface area contributed by atoms with E-state index in [9.17, 15) is 4.79 Å². The van der Waals surface area contributed by atoms with Gasteiger partial charge in [-0.1, -0.05) is 19.4 Å². The predicted octanol–water partition coefficient (Wildman–Crippen LogP) is 3.98. The second-order valence-electron chi connectivity index (χ2n) is 5.74. The van der Waals surface area contributed by atoms with Crippen molar-refractivity contribution in [2.75, 3.05) is 13.6 Å². The molecule has 114 valence electrons. The van der Waals surface area contributed by atoms with Gasteiger partial charge >= 0.3 is 5.97 Å². The Hall–Kier alpha value is -1.81. The summed E-state index contributed by atoms with van der Waals surface area (Å²) in [6, 6.07) is 4.13. The number of unbranched alkanes of at least 4 members (excludes halogenated alkanes) is 1. The first-order valence-electron chi connectivity index (χ1n) is 7.38. The molecule has 0 bridgehead atoms. The molecule has 1 aromatic heterocycles. The summed E-state index contributed by atoms with van der Waals surface area (Å²) in [6.07, 6.45) is 2.37. The Bertz CT molecular complexity index is 658. The molecule has 1 aromatic carbocycles. The molecule has 1 heterocycles. The molecule has 0 atom stereocenters. The van der Waals surface area contributed by atoms with Gasteiger partial charge in [0.05, 0.1) is 0 Å². The molecule has 1 N–H and O–H groups in total. The van der Waals surface area contributed by atoms with E-state index in [4.69, 9.17) is 9.52 Å². The zero-order valence-electron chi connectivity index (χ0n) is 13.2. The fourth-order valence-electron chi connectivity index (χ4n) is 2.68. The van der Waals surface area contributed by atoms with Crippen LogP contribution in [0.1, 0.15) is 47.0 Å². The molecule has 2 aromatic rings. The molecule has 0 fully saturated rings. The van der Waals surface area contributed by atoms with Crippen LogP contribution in [-0.2, 0) is 6.54 Å². The van der Waals surface area contributed by atoms with E-state index in [1.54, 1.807) is 6.92 Å². The van der Waals surface area contributed by atoms with E-state index in [1.165, 1.54) is 18.4 Å². The van der Waals surface area contributed by atoms with Crippen LogP contribution >= 0.6 is 0 Å². The average molecular weight is 289 g/mol. The molecule has 0 spiro atoms. The van der Waals surface area contributed by atoms with Crippen LogP contribution < -0.4 is 0 Å². The molecule has 0 unspecified atom stereocenters. The first-order chi connectivity index (χ1) is 9.93. The van der Waals surface area contributed by atoms with Gasteiger partial charge < -0.3 is 14.4 Å². The Kier molecular flexibility index (Phi) is 4.68. The van der Waals surface area contributed by atoms with Gasteiger partial charge in [-0.2, -0.15) is 0 Å². The summed E-state index contributed by atoms with van der Waals surface area (Å²) in [4.78, 5) is 13.5. The Morgan fingerprint density at radius 2 is 2.05 bits per heavy atom. The Balaban J connectivity index is 2.35. The van der Waals surface area contributed by atoms with Crippen molar-refractivity contribution >= 4 is 16.9 Å². The van der Waals surface area contributed by atoms with E-state index < -0.39 is 5.97 Å². The van der Waals surface area contributed by atoms with E-state index in [2.05, 4.69) is 31.0 Å². The molecular weight excluding hydrogens is 266 g/mol. The average Bonchev–Trinajstić information content (AvgIpc) is 2.75. The molecule has 0 aliphatic rings. The lowest BCUT2D eigenvalue weighted by Gasteiger charge is -2.16. The van der Waals surface area contributed by atoms with E-state index >= 15 is 0 Å². The third-order valence-corrected chi connectivity index (χ3v) is 3.82. The number of nitrogens with zero attached hydrogens (tertiary/aromatic N) is 1. The summed E-state index contributed by atoms with van der Waals surface area (Å²) < 4.78 is 5.50. The van der Waals surface area contributed by atoms with Crippen molar-refractivity contribution in [3.8, 4) is 0 Å². The van der Waals surface area contributed by atoms with Crippen molar-refractivity contribution in [3.63, 3.8) is 0 Å². The van der Waals surface area contributed by atoms with Crippen LogP contribution in [0.25, 0.3) is 11.0 Å². The number of carboxylic acid groups (broad SMARTS) is 1. The molecule has 0 aliphatic heterocycles. The summed E-state index contributed by atoms with van der Waals surface area (Å²) in [7, 11) is 2.11. The van der Waals surface area contributed by atoms with Crippen molar-refractivity contribution in [2.45, 2.75) is 40.2 Å². The molecule has 0 saturated carbocycles. The highest BCUT2D eigenvalue weighted by atomic mass is 16.4. The quantitative estimate of drug-likeness (QED) is 0.874. The molecule has 0 aliphatic carbocycles. The van der Waals surface area contributed by atoms with Crippen LogP contribution in [-0.4, -0.2) is 29.6 Å². The zero-order valence-corrected chi connectivity index (χ0v) is 13.2. The van der Waals surface area contributed by atoms with Crippen LogP contribution in [0, 0.1) is 13.8 Å². The van der Waals surface area contributed by atoms with E-state index in [0.717, 1.165) is 24.0 Å². The minimum absolute atomic E-state index is 0.0459. The Labute approximate surface area is 125 Å². The molecule has 0 amide bonds. The highest BCUT2D eigenvalue weighted by molar-refractivity contribution is 5.96. The number of aromatic carboxylic acids is 1. The smallest absolute Gasteiger partial charge is 0.372 e. The Morgan fingerprint density at radius 1 is 1.33 bits per heavy atom. The zero-order chi connectivity index (χ0) is 15.6. The van der Waals surface area contributed by atoms with Gasteiger partial charge in [0.15, 0.2) is 0 Å². The predicted molar refractivity (Wildman–Crippen MR) is 83.9 cm³/mol. The fraction of sp³-hybridized carbons (Fsp3) is 0.471. The monoisotopic (exact) mass is 289 g/mol. The van der Waals surface area contributed by atoms with Crippen LogP contribution in [0.2, 0.25) is 0 Å². The summed E-state index contributed by atoms with van der Waals surface area (Å²) in [5.74, 6) is -0.964. The maximum absolute atomic E-state index is 11.2. The number of benzene rings is 1. The minimum Gasteiger partial charge on any atom is -0.475 e. The number of aryl methyl sites for hydroxylation is 2. The largest absolute Gasteiger partial charge is 0.475 e. The van der Waals surface area contributed by atoms with E-state index in [-0.39, 0.29) is 5.76 Å². The lowest BCUT2D eigenvalue weighted by atomic mass is 10.0. The maximum atomic E-state index is 11.2. The topological polar surface area (TPSA) is 53.7 Å². The standard InChI is InChI=1S/C17H23NO3/c1-5-6-7-18(4)10-13-8-11(2)15-14(9-13)12(3)16(21-15)17(19)20/h8-9H,5-7,10H2,1-4H3,(H,19,20). The third-order valence-electron chi connectivity index (χ3n) is 3.82. The van der Waals surface area contributed by atoms with Gasteiger partial charge in [-0.3, -0.25) is 0 Å². The number of carbonyl (C=O) groups is 1. The van der Waals surface area contributed by atoms with Crippen LogP contribution in [0.15, 0.2) is 16.5 Å². The number of rotatable bonds is 6. The maximum Gasteiger partial charge on any atom is 0.372 e. The van der Waals surface area contributed by atoms with Gasteiger partial charge in [-0.05, 0) is 51.1 Å². The molecule has 0 saturated heterocycles. The van der Waals surface area contributed by atoms with Gasteiger partial charge in [-0.15, -0.1) is 0 Å². The van der Waals surface area contributed by atoms with Crippen molar-refractivity contribution in [2.24, 2.45) is 0 Å². The SMILES string of the molecule is CCCCN(C)Cc1cc(C)c2oc(C(=O)O)c(C)c2c1. The minimum atomic E-state index is -1.01. The van der Waals surface area contributed by atoms with Crippen molar-refractivity contribution in [3.05, 3.63) is 34.6 Å². The molecule has 2 rings (SSSR count). The molecule has 4 nitrogen and oxygen atoms in total. The molecular formula is C17H23NO3. The van der Waals surface area contributed by atoms with Crippen LogP contribution in [0.3, 0.4) is 0 Å². The van der Waals surface area contributed by atoms with Gasteiger partial charge in [-0.25, -0.2) is 4.79 Å². The van der Waals surface area contributed by atoms with Gasteiger partial charge in [0.2, 0.25) is 5.76 Å².